The van der Waals surface area contributed by atoms with E-state index >= 15 is 0 Å². The van der Waals surface area contributed by atoms with E-state index in [1.807, 2.05) is 6.20 Å². The third-order valence-corrected chi connectivity index (χ3v) is 3.75. The van der Waals surface area contributed by atoms with Crippen molar-refractivity contribution in [2.24, 2.45) is 0 Å². The molecule has 1 heterocycles. The van der Waals surface area contributed by atoms with Crippen molar-refractivity contribution >= 4 is 16.5 Å². The first-order valence-electron chi connectivity index (χ1n) is 6.26. The Labute approximate surface area is 102 Å². The maximum atomic E-state index is 4.38. The summed E-state index contributed by atoms with van der Waals surface area (Å²) in [6, 6.07) is 0.852. The van der Waals surface area contributed by atoms with Crippen LogP contribution in [-0.4, -0.2) is 29.0 Å². The van der Waals surface area contributed by atoms with Gasteiger partial charge in [0.2, 0.25) is 0 Å². The molecule has 0 amide bonds. The Morgan fingerprint density at radius 1 is 1.50 bits per heavy atom. The van der Waals surface area contributed by atoms with Crippen molar-refractivity contribution in [3.8, 4) is 0 Å². The zero-order valence-electron chi connectivity index (χ0n) is 10.2. The number of nitrogens with zero attached hydrogens (tertiary/aromatic N) is 2. The molecule has 0 aromatic carbocycles. The van der Waals surface area contributed by atoms with Gasteiger partial charge < -0.3 is 5.32 Å². The summed E-state index contributed by atoms with van der Waals surface area (Å²) in [4.78, 5) is 8.37. The van der Waals surface area contributed by atoms with Gasteiger partial charge in [-0.25, -0.2) is 4.98 Å². The molecule has 1 saturated carbocycles. The Hall–Kier alpha value is -0.610. The fourth-order valence-electron chi connectivity index (χ4n) is 1.93. The summed E-state index contributed by atoms with van der Waals surface area (Å²) in [7, 11) is 0. The smallest absolute Gasteiger partial charge is 0.182 e. The minimum Gasteiger partial charge on any atom is -0.362 e. The summed E-state index contributed by atoms with van der Waals surface area (Å²) in [5.41, 5.74) is 0. The van der Waals surface area contributed by atoms with Gasteiger partial charge >= 0.3 is 0 Å². The van der Waals surface area contributed by atoms with Crippen LogP contribution in [-0.2, 0) is 6.54 Å². The van der Waals surface area contributed by atoms with Gasteiger partial charge in [-0.15, -0.1) is 11.3 Å². The molecule has 1 aromatic rings. The highest BCUT2D eigenvalue weighted by atomic mass is 32.1. The molecule has 0 radical (unpaired) electrons. The molecule has 0 unspecified atom stereocenters. The first-order valence-corrected chi connectivity index (χ1v) is 7.07. The molecule has 0 bridgehead atoms. The minimum atomic E-state index is 0.852. The fraction of sp³-hybridized carbons (Fsp3) is 0.750. The lowest BCUT2D eigenvalue weighted by molar-refractivity contribution is 0.257. The third kappa shape index (κ3) is 3.19. The quantitative estimate of drug-likeness (QED) is 0.793. The Morgan fingerprint density at radius 2 is 2.31 bits per heavy atom. The van der Waals surface area contributed by atoms with Crippen molar-refractivity contribution in [3.63, 3.8) is 0 Å². The monoisotopic (exact) mass is 239 g/mol. The van der Waals surface area contributed by atoms with E-state index in [0.29, 0.717) is 0 Å². The Kier molecular flexibility index (Phi) is 4.18. The van der Waals surface area contributed by atoms with Gasteiger partial charge in [-0.3, -0.25) is 4.90 Å². The molecule has 3 nitrogen and oxygen atoms in total. The van der Waals surface area contributed by atoms with E-state index in [4.69, 9.17) is 0 Å². The number of rotatable bonds is 7. The fourth-order valence-corrected chi connectivity index (χ4v) is 2.84. The van der Waals surface area contributed by atoms with Crippen molar-refractivity contribution in [1.29, 1.82) is 0 Å². The summed E-state index contributed by atoms with van der Waals surface area (Å²) in [5, 5.41) is 4.33. The van der Waals surface area contributed by atoms with Crippen molar-refractivity contribution < 1.29 is 0 Å². The van der Waals surface area contributed by atoms with Gasteiger partial charge in [-0.1, -0.05) is 6.92 Å². The number of thiazole rings is 1. The zero-order valence-corrected chi connectivity index (χ0v) is 11.0. The number of hydrogen-bond donors (Lipinski definition) is 1. The zero-order chi connectivity index (χ0) is 11.4. The van der Waals surface area contributed by atoms with Gasteiger partial charge in [0.15, 0.2) is 5.13 Å². The molecule has 16 heavy (non-hydrogen) atoms. The van der Waals surface area contributed by atoms with E-state index < -0.39 is 0 Å². The van der Waals surface area contributed by atoms with E-state index in [1.165, 1.54) is 30.7 Å². The van der Waals surface area contributed by atoms with Gasteiger partial charge in [-0.05, 0) is 32.7 Å². The summed E-state index contributed by atoms with van der Waals surface area (Å²) < 4.78 is 0. The van der Waals surface area contributed by atoms with E-state index in [9.17, 15) is 0 Å². The molecule has 1 aliphatic rings. The summed E-state index contributed by atoms with van der Waals surface area (Å²) >= 11 is 1.79. The molecule has 4 heteroatoms. The van der Waals surface area contributed by atoms with Crippen LogP contribution in [0.25, 0.3) is 0 Å². The Bertz CT molecular complexity index is 320. The molecular weight excluding hydrogens is 218 g/mol. The van der Waals surface area contributed by atoms with Crippen LogP contribution in [0.3, 0.4) is 0 Å². The largest absolute Gasteiger partial charge is 0.362 e. The molecule has 0 atom stereocenters. The van der Waals surface area contributed by atoms with Gasteiger partial charge in [0.05, 0.1) is 0 Å². The maximum Gasteiger partial charge on any atom is 0.182 e. The highest BCUT2D eigenvalue weighted by molar-refractivity contribution is 7.15. The molecule has 0 saturated heterocycles. The molecule has 0 aliphatic heterocycles. The van der Waals surface area contributed by atoms with Crippen LogP contribution in [0.15, 0.2) is 6.20 Å². The van der Waals surface area contributed by atoms with Crippen LogP contribution in [0.4, 0.5) is 5.13 Å². The first kappa shape index (κ1) is 11.9. The summed E-state index contributed by atoms with van der Waals surface area (Å²) in [5.74, 6) is 0. The van der Waals surface area contributed by atoms with Crippen LogP contribution < -0.4 is 5.32 Å². The number of anilines is 1. The van der Waals surface area contributed by atoms with Crippen molar-refractivity contribution in [2.75, 3.05) is 18.4 Å². The molecule has 2 rings (SSSR count). The van der Waals surface area contributed by atoms with E-state index in [1.54, 1.807) is 11.3 Å². The van der Waals surface area contributed by atoms with Crippen LogP contribution in [0, 0.1) is 0 Å². The van der Waals surface area contributed by atoms with Crippen LogP contribution in [0.1, 0.15) is 38.0 Å². The third-order valence-electron chi connectivity index (χ3n) is 2.81. The van der Waals surface area contributed by atoms with Crippen molar-refractivity contribution in [2.45, 2.75) is 45.7 Å². The second kappa shape index (κ2) is 5.64. The first-order chi connectivity index (χ1) is 7.83. The van der Waals surface area contributed by atoms with Gasteiger partial charge in [-0.2, -0.15) is 0 Å². The summed E-state index contributed by atoms with van der Waals surface area (Å²) in [6.45, 7) is 7.62. The van der Waals surface area contributed by atoms with Gasteiger partial charge in [0.1, 0.15) is 0 Å². The van der Waals surface area contributed by atoms with Crippen LogP contribution in [0.2, 0.25) is 0 Å². The lowest BCUT2D eigenvalue weighted by atomic mass is 10.3. The second-order valence-corrected chi connectivity index (χ2v) is 5.48. The highest BCUT2D eigenvalue weighted by Crippen LogP contribution is 2.30. The molecule has 1 aliphatic carbocycles. The second-order valence-electron chi connectivity index (χ2n) is 4.36. The Balaban J connectivity index is 1.89. The number of hydrogen-bond acceptors (Lipinski definition) is 4. The van der Waals surface area contributed by atoms with Crippen molar-refractivity contribution in [1.82, 2.24) is 9.88 Å². The van der Waals surface area contributed by atoms with E-state index in [-0.39, 0.29) is 0 Å². The van der Waals surface area contributed by atoms with Gasteiger partial charge in [0.25, 0.3) is 0 Å². The highest BCUT2D eigenvalue weighted by Gasteiger charge is 2.28. The van der Waals surface area contributed by atoms with Crippen LogP contribution in [0.5, 0.6) is 0 Å². The lowest BCUT2D eigenvalue weighted by Gasteiger charge is -2.19. The SMILES string of the molecule is CCCN(Cc1cnc(NCC)s1)C1CC1. The van der Waals surface area contributed by atoms with Crippen molar-refractivity contribution in [3.05, 3.63) is 11.1 Å². The van der Waals surface area contributed by atoms with E-state index in [2.05, 4.69) is 29.0 Å². The predicted octanol–water partition coefficient (Wildman–Crippen LogP) is 2.95. The number of aromatic nitrogens is 1. The standard InChI is InChI=1S/C12H21N3S/c1-3-7-15(10-5-6-10)9-11-8-14-12(16-11)13-4-2/h8,10H,3-7,9H2,1-2H3,(H,13,14). The Morgan fingerprint density at radius 3 is 2.94 bits per heavy atom. The predicted molar refractivity (Wildman–Crippen MR) is 70.0 cm³/mol. The molecule has 1 N–H and O–H groups in total. The molecular formula is C12H21N3S. The average Bonchev–Trinajstić information content (AvgIpc) is 3.02. The lowest BCUT2D eigenvalue weighted by Crippen LogP contribution is -2.25. The minimum absolute atomic E-state index is 0.852. The number of nitrogens with one attached hydrogen (secondary N) is 1. The molecule has 90 valence electrons. The normalized spacial score (nSPS) is 15.7. The summed E-state index contributed by atoms with van der Waals surface area (Å²) in [6.07, 6.45) is 6.04. The van der Waals surface area contributed by atoms with Gasteiger partial charge in [0, 0.05) is 30.2 Å². The van der Waals surface area contributed by atoms with E-state index in [0.717, 1.165) is 24.3 Å². The molecule has 0 spiro atoms. The van der Waals surface area contributed by atoms with Crippen LogP contribution >= 0.6 is 11.3 Å². The molecule has 1 aromatic heterocycles. The topological polar surface area (TPSA) is 28.2 Å². The average molecular weight is 239 g/mol. The molecule has 1 fully saturated rings. The maximum absolute atomic E-state index is 4.38.